The van der Waals surface area contributed by atoms with Crippen molar-refractivity contribution in [3.63, 3.8) is 0 Å². The fraction of sp³-hybridized carbons (Fsp3) is 0.389. The maximum Gasteiger partial charge on any atom is 0.229 e. The molecule has 0 radical (unpaired) electrons. The van der Waals surface area contributed by atoms with E-state index < -0.39 is 10.0 Å². The van der Waals surface area contributed by atoms with Gasteiger partial charge in [-0.1, -0.05) is 25.6 Å². The zero-order valence-corrected chi connectivity index (χ0v) is 17.1. The molecule has 1 atom stereocenters. The molecule has 0 saturated heterocycles. The van der Waals surface area contributed by atoms with Crippen LogP contribution in [-0.4, -0.2) is 35.7 Å². The standard InChI is InChI=1S/C18H23N3O3S2/c1-11(2)18-19-12(3)10-16(20-18)25-13(4)17(22)14-6-8-15(9-7-14)21-26(5,23)24/h6-11,13,21H,1-5H3/t13-/m0/s1. The summed E-state index contributed by atoms with van der Waals surface area (Å²) in [5, 5.41) is 0.454. The zero-order chi connectivity index (χ0) is 19.5. The molecule has 1 aromatic heterocycles. The number of rotatable bonds is 7. The van der Waals surface area contributed by atoms with E-state index in [1.165, 1.54) is 11.8 Å². The van der Waals surface area contributed by atoms with E-state index in [-0.39, 0.29) is 17.0 Å². The highest BCUT2D eigenvalue weighted by molar-refractivity contribution is 8.00. The Morgan fingerprint density at radius 3 is 2.27 bits per heavy atom. The lowest BCUT2D eigenvalue weighted by Crippen LogP contribution is -2.15. The van der Waals surface area contributed by atoms with Crippen LogP contribution in [0.2, 0.25) is 0 Å². The molecule has 0 saturated carbocycles. The van der Waals surface area contributed by atoms with Gasteiger partial charge < -0.3 is 0 Å². The van der Waals surface area contributed by atoms with Crippen LogP contribution in [0, 0.1) is 6.92 Å². The SMILES string of the molecule is Cc1cc(S[C@@H](C)C(=O)c2ccc(NS(C)(=O)=O)cc2)nc(C(C)C)n1. The number of hydrogen-bond donors (Lipinski definition) is 1. The third kappa shape index (κ3) is 5.81. The lowest BCUT2D eigenvalue weighted by Gasteiger charge is -2.12. The zero-order valence-electron chi connectivity index (χ0n) is 15.5. The van der Waals surface area contributed by atoms with Gasteiger partial charge in [-0.05, 0) is 44.2 Å². The molecule has 0 bridgehead atoms. The summed E-state index contributed by atoms with van der Waals surface area (Å²) in [6.45, 7) is 7.81. The van der Waals surface area contributed by atoms with Crippen molar-refractivity contribution in [3.8, 4) is 0 Å². The van der Waals surface area contributed by atoms with Crippen LogP contribution in [-0.2, 0) is 10.0 Å². The Bertz CT molecular complexity index is 894. The molecule has 8 heteroatoms. The highest BCUT2D eigenvalue weighted by Crippen LogP contribution is 2.26. The molecule has 1 N–H and O–H groups in total. The number of hydrogen-bond acceptors (Lipinski definition) is 6. The van der Waals surface area contributed by atoms with Crippen LogP contribution in [0.15, 0.2) is 35.4 Å². The molecule has 0 amide bonds. The number of carbonyl (C=O) groups is 1. The Kier molecular flexibility index (Phi) is 6.41. The number of anilines is 1. The van der Waals surface area contributed by atoms with Crippen molar-refractivity contribution >= 4 is 33.3 Å². The fourth-order valence-corrected chi connectivity index (χ4v) is 3.82. The number of nitrogens with zero attached hydrogens (tertiary/aromatic N) is 2. The van der Waals surface area contributed by atoms with Gasteiger partial charge in [-0.3, -0.25) is 9.52 Å². The lowest BCUT2D eigenvalue weighted by molar-refractivity contribution is 0.0994. The third-order valence-electron chi connectivity index (χ3n) is 3.50. The van der Waals surface area contributed by atoms with E-state index in [1.54, 1.807) is 24.3 Å². The minimum absolute atomic E-state index is 0.0386. The molecule has 140 valence electrons. The highest BCUT2D eigenvalue weighted by Gasteiger charge is 2.18. The van der Waals surface area contributed by atoms with Crippen molar-refractivity contribution < 1.29 is 13.2 Å². The second-order valence-electron chi connectivity index (χ2n) is 6.44. The van der Waals surface area contributed by atoms with E-state index in [2.05, 4.69) is 14.7 Å². The number of nitrogens with one attached hydrogen (secondary N) is 1. The first kappa shape index (κ1) is 20.4. The Morgan fingerprint density at radius 1 is 1.12 bits per heavy atom. The number of ketones is 1. The normalized spacial score (nSPS) is 12.8. The average molecular weight is 394 g/mol. The summed E-state index contributed by atoms with van der Waals surface area (Å²) in [7, 11) is -3.34. The number of Topliss-reactive ketones (excluding diaryl/α,β-unsaturated/α-hetero) is 1. The number of benzene rings is 1. The quantitative estimate of drug-likeness (QED) is 0.439. The van der Waals surface area contributed by atoms with Gasteiger partial charge in [0, 0.05) is 22.9 Å². The number of sulfonamides is 1. The number of aryl methyl sites for hydroxylation is 1. The van der Waals surface area contributed by atoms with Crippen LogP contribution >= 0.6 is 11.8 Å². The summed E-state index contributed by atoms with van der Waals surface area (Å²) >= 11 is 1.39. The molecule has 0 unspecified atom stereocenters. The van der Waals surface area contributed by atoms with Crippen molar-refractivity contribution in [2.75, 3.05) is 11.0 Å². The van der Waals surface area contributed by atoms with Crippen LogP contribution in [0.4, 0.5) is 5.69 Å². The van der Waals surface area contributed by atoms with Gasteiger partial charge in [-0.15, -0.1) is 0 Å². The first-order valence-corrected chi connectivity index (χ1v) is 11.0. The largest absolute Gasteiger partial charge is 0.293 e. The minimum atomic E-state index is -3.34. The van der Waals surface area contributed by atoms with Crippen molar-refractivity contribution in [2.24, 2.45) is 0 Å². The summed E-state index contributed by atoms with van der Waals surface area (Å²) in [4.78, 5) is 21.6. The molecule has 0 aliphatic rings. The van der Waals surface area contributed by atoms with Crippen molar-refractivity contribution in [2.45, 2.75) is 43.9 Å². The molecule has 0 aliphatic heterocycles. The molecular formula is C18H23N3O3S2. The van der Waals surface area contributed by atoms with Gasteiger partial charge in [0.1, 0.15) is 10.9 Å². The molecule has 1 heterocycles. The predicted molar refractivity (Wildman–Crippen MR) is 105 cm³/mol. The monoisotopic (exact) mass is 393 g/mol. The lowest BCUT2D eigenvalue weighted by atomic mass is 10.1. The molecule has 0 aliphatic carbocycles. The smallest absolute Gasteiger partial charge is 0.229 e. The van der Waals surface area contributed by atoms with Gasteiger partial charge in [-0.2, -0.15) is 0 Å². The van der Waals surface area contributed by atoms with E-state index in [1.807, 2.05) is 33.8 Å². The molecule has 1 aromatic carbocycles. The van der Waals surface area contributed by atoms with Crippen molar-refractivity contribution in [1.82, 2.24) is 9.97 Å². The summed E-state index contributed by atoms with van der Waals surface area (Å²) in [5.41, 5.74) is 1.83. The van der Waals surface area contributed by atoms with E-state index >= 15 is 0 Å². The number of aromatic nitrogens is 2. The number of thioether (sulfide) groups is 1. The van der Waals surface area contributed by atoms with Gasteiger partial charge in [0.05, 0.1) is 11.5 Å². The van der Waals surface area contributed by atoms with E-state index in [9.17, 15) is 13.2 Å². The van der Waals surface area contributed by atoms with Gasteiger partial charge in [0.2, 0.25) is 10.0 Å². The topological polar surface area (TPSA) is 89.0 Å². The van der Waals surface area contributed by atoms with Gasteiger partial charge in [-0.25, -0.2) is 18.4 Å². The first-order valence-electron chi connectivity index (χ1n) is 8.19. The van der Waals surface area contributed by atoms with Crippen molar-refractivity contribution in [1.29, 1.82) is 0 Å². The average Bonchev–Trinajstić information content (AvgIpc) is 2.52. The molecular weight excluding hydrogens is 370 g/mol. The summed E-state index contributed by atoms with van der Waals surface area (Å²) < 4.78 is 24.9. The first-order chi connectivity index (χ1) is 12.0. The fourth-order valence-electron chi connectivity index (χ4n) is 2.27. The molecule has 2 aromatic rings. The van der Waals surface area contributed by atoms with Crippen molar-refractivity contribution in [3.05, 3.63) is 47.4 Å². The van der Waals surface area contributed by atoms with Crippen LogP contribution in [0.3, 0.4) is 0 Å². The molecule has 26 heavy (non-hydrogen) atoms. The summed E-state index contributed by atoms with van der Waals surface area (Å²) in [6.07, 6.45) is 1.08. The Balaban J connectivity index is 2.12. The predicted octanol–water partition coefficient (Wildman–Crippen LogP) is 3.64. The maximum absolute atomic E-state index is 12.6. The molecule has 2 rings (SSSR count). The third-order valence-corrected chi connectivity index (χ3v) is 5.13. The van der Waals surface area contributed by atoms with E-state index in [4.69, 9.17) is 0 Å². The summed E-state index contributed by atoms with van der Waals surface area (Å²) in [5.74, 6) is 0.946. The summed E-state index contributed by atoms with van der Waals surface area (Å²) in [6, 6.07) is 8.28. The minimum Gasteiger partial charge on any atom is -0.293 e. The second-order valence-corrected chi connectivity index (χ2v) is 9.55. The maximum atomic E-state index is 12.6. The van der Waals surface area contributed by atoms with Crippen LogP contribution in [0.1, 0.15) is 48.6 Å². The highest BCUT2D eigenvalue weighted by atomic mass is 32.2. The Morgan fingerprint density at radius 2 is 1.73 bits per heavy atom. The van der Waals surface area contributed by atoms with Crippen LogP contribution in [0.5, 0.6) is 0 Å². The van der Waals surface area contributed by atoms with Crippen LogP contribution in [0.25, 0.3) is 0 Å². The van der Waals surface area contributed by atoms with Gasteiger partial charge in [0.25, 0.3) is 0 Å². The molecule has 0 fully saturated rings. The van der Waals surface area contributed by atoms with E-state index in [0.717, 1.165) is 22.8 Å². The Hall–Kier alpha value is -1.93. The van der Waals surface area contributed by atoms with E-state index in [0.29, 0.717) is 11.3 Å². The number of carbonyl (C=O) groups excluding carboxylic acids is 1. The van der Waals surface area contributed by atoms with Gasteiger partial charge >= 0.3 is 0 Å². The van der Waals surface area contributed by atoms with Gasteiger partial charge in [0.15, 0.2) is 5.78 Å². The molecule has 0 spiro atoms. The second kappa shape index (κ2) is 8.18. The van der Waals surface area contributed by atoms with Crippen LogP contribution < -0.4 is 4.72 Å². The molecule has 6 nitrogen and oxygen atoms in total. The Labute approximate surface area is 158 Å².